The van der Waals surface area contributed by atoms with E-state index in [1.807, 2.05) is 13.8 Å². The van der Waals surface area contributed by atoms with Crippen molar-refractivity contribution in [3.05, 3.63) is 29.8 Å². The van der Waals surface area contributed by atoms with Gasteiger partial charge in [0.1, 0.15) is 0 Å². The van der Waals surface area contributed by atoms with E-state index in [1.54, 1.807) is 0 Å². The summed E-state index contributed by atoms with van der Waals surface area (Å²) >= 11 is 0. The number of hydrogen-bond donors (Lipinski definition) is 3. The van der Waals surface area contributed by atoms with Crippen LogP contribution in [0.4, 0.5) is 23.7 Å². The van der Waals surface area contributed by atoms with E-state index >= 15 is 0 Å². The van der Waals surface area contributed by atoms with Gasteiger partial charge in [-0.15, -0.1) is 0 Å². The fraction of sp³-hybridized carbons (Fsp3) is 0.500. The number of nitrogens with one attached hydrogen (secondary N) is 2. The van der Waals surface area contributed by atoms with Crippen molar-refractivity contribution in [3.63, 3.8) is 0 Å². The van der Waals surface area contributed by atoms with Crippen LogP contribution in [0.1, 0.15) is 25.8 Å². The van der Waals surface area contributed by atoms with Crippen LogP contribution in [-0.4, -0.2) is 36.4 Å². The van der Waals surface area contributed by atoms with Gasteiger partial charge in [-0.2, -0.15) is 13.2 Å². The average molecular weight is 362 g/mol. The molecule has 0 aliphatic rings. The number of alkyl halides is 3. The van der Waals surface area contributed by atoms with Gasteiger partial charge in [0.15, 0.2) is 6.10 Å². The Morgan fingerprint density at radius 3 is 2.28 bits per heavy atom. The lowest BCUT2D eigenvalue weighted by Crippen LogP contribution is -2.40. The molecule has 0 aromatic heterocycles. The van der Waals surface area contributed by atoms with Crippen molar-refractivity contribution in [2.75, 3.05) is 18.5 Å². The third-order valence-corrected chi connectivity index (χ3v) is 3.10. The van der Waals surface area contributed by atoms with E-state index < -0.39 is 29.8 Å². The van der Waals surface area contributed by atoms with Gasteiger partial charge in [-0.3, -0.25) is 10.1 Å². The summed E-state index contributed by atoms with van der Waals surface area (Å²) in [5.41, 5.74) is -0.732. The molecule has 1 aromatic carbocycles. The van der Waals surface area contributed by atoms with Gasteiger partial charge >= 0.3 is 12.3 Å². The zero-order valence-electron chi connectivity index (χ0n) is 13.9. The SMILES string of the molecule is CC(C)C[C@H](OC(=O)Nc1ccc(C(F)(F)F)cc1)C(=O)NCCO. The van der Waals surface area contributed by atoms with Crippen molar-refractivity contribution in [1.82, 2.24) is 5.32 Å². The number of benzene rings is 1. The number of aliphatic hydroxyl groups is 1. The molecule has 9 heteroatoms. The van der Waals surface area contributed by atoms with Crippen LogP contribution in [0.3, 0.4) is 0 Å². The normalized spacial score (nSPS) is 12.6. The monoisotopic (exact) mass is 362 g/mol. The summed E-state index contributed by atoms with van der Waals surface area (Å²) in [4.78, 5) is 23.8. The molecule has 2 amide bonds. The largest absolute Gasteiger partial charge is 0.436 e. The number of carbonyl (C=O) groups is 2. The molecule has 1 atom stereocenters. The summed E-state index contributed by atoms with van der Waals surface area (Å²) in [5.74, 6) is -0.492. The molecule has 0 unspecified atom stereocenters. The van der Waals surface area contributed by atoms with Crippen molar-refractivity contribution >= 4 is 17.7 Å². The highest BCUT2D eigenvalue weighted by atomic mass is 19.4. The number of aliphatic hydroxyl groups excluding tert-OH is 1. The van der Waals surface area contributed by atoms with Gasteiger partial charge in [0, 0.05) is 12.2 Å². The lowest BCUT2D eigenvalue weighted by molar-refractivity contribution is -0.137. The molecule has 0 heterocycles. The second kappa shape index (κ2) is 9.26. The lowest BCUT2D eigenvalue weighted by atomic mass is 10.1. The zero-order chi connectivity index (χ0) is 19.0. The summed E-state index contributed by atoms with van der Waals surface area (Å²) < 4.78 is 42.5. The van der Waals surface area contributed by atoms with Crippen molar-refractivity contribution in [2.24, 2.45) is 5.92 Å². The van der Waals surface area contributed by atoms with Gasteiger partial charge < -0.3 is 15.2 Å². The van der Waals surface area contributed by atoms with E-state index in [0.717, 1.165) is 24.3 Å². The summed E-state index contributed by atoms with van der Waals surface area (Å²) in [6.45, 7) is 3.45. The van der Waals surface area contributed by atoms with Gasteiger partial charge in [-0.25, -0.2) is 4.79 Å². The van der Waals surface area contributed by atoms with Crippen LogP contribution in [0, 0.1) is 5.92 Å². The first kappa shape index (κ1) is 20.8. The summed E-state index contributed by atoms with van der Waals surface area (Å²) in [5, 5.41) is 13.4. The topological polar surface area (TPSA) is 87.7 Å². The predicted octanol–water partition coefficient (Wildman–Crippen LogP) is 2.78. The Hall–Kier alpha value is -2.29. The van der Waals surface area contributed by atoms with Crippen LogP contribution in [0.5, 0.6) is 0 Å². The molecule has 0 saturated carbocycles. The first-order valence-corrected chi connectivity index (χ1v) is 7.67. The van der Waals surface area contributed by atoms with Crippen LogP contribution in [0.2, 0.25) is 0 Å². The quantitative estimate of drug-likeness (QED) is 0.696. The minimum atomic E-state index is -4.47. The molecular weight excluding hydrogens is 341 g/mol. The van der Waals surface area contributed by atoms with E-state index in [1.165, 1.54) is 0 Å². The third-order valence-electron chi connectivity index (χ3n) is 3.10. The van der Waals surface area contributed by atoms with Crippen molar-refractivity contribution in [1.29, 1.82) is 0 Å². The van der Waals surface area contributed by atoms with E-state index in [0.29, 0.717) is 0 Å². The molecule has 140 valence electrons. The van der Waals surface area contributed by atoms with E-state index in [9.17, 15) is 22.8 Å². The summed E-state index contributed by atoms with van der Waals surface area (Å²) in [6.07, 6.45) is -6.23. The number of hydrogen-bond acceptors (Lipinski definition) is 4. The minimum Gasteiger partial charge on any atom is -0.436 e. The fourth-order valence-electron chi connectivity index (χ4n) is 1.95. The smallest absolute Gasteiger partial charge is 0.416 e. The second-order valence-electron chi connectivity index (χ2n) is 5.74. The molecule has 0 fully saturated rings. The highest BCUT2D eigenvalue weighted by Crippen LogP contribution is 2.29. The third kappa shape index (κ3) is 7.42. The molecule has 0 aliphatic carbocycles. The van der Waals surface area contributed by atoms with E-state index in [4.69, 9.17) is 9.84 Å². The van der Waals surface area contributed by atoms with E-state index in [2.05, 4.69) is 10.6 Å². The van der Waals surface area contributed by atoms with Crippen molar-refractivity contribution in [3.8, 4) is 0 Å². The molecule has 1 aromatic rings. The number of carbonyl (C=O) groups excluding carboxylic acids is 2. The minimum absolute atomic E-state index is 0.0251. The predicted molar refractivity (Wildman–Crippen MR) is 84.9 cm³/mol. The molecule has 0 saturated heterocycles. The number of rotatable bonds is 7. The molecule has 25 heavy (non-hydrogen) atoms. The number of halogens is 3. The Balaban J connectivity index is 2.68. The molecule has 0 radical (unpaired) electrons. The summed E-state index contributed by atoms with van der Waals surface area (Å²) in [7, 11) is 0. The highest BCUT2D eigenvalue weighted by Gasteiger charge is 2.30. The van der Waals surface area contributed by atoms with Crippen LogP contribution in [0.25, 0.3) is 0 Å². The Morgan fingerprint density at radius 1 is 1.20 bits per heavy atom. The molecule has 0 aliphatic heterocycles. The number of anilines is 1. The molecule has 1 rings (SSSR count). The maximum absolute atomic E-state index is 12.5. The molecule has 6 nitrogen and oxygen atoms in total. The first-order chi connectivity index (χ1) is 11.6. The lowest BCUT2D eigenvalue weighted by Gasteiger charge is -2.19. The average Bonchev–Trinajstić information content (AvgIpc) is 2.51. The summed E-state index contributed by atoms with van der Waals surface area (Å²) in [6, 6.07) is 3.84. The van der Waals surface area contributed by atoms with Gasteiger partial charge in [-0.1, -0.05) is 13.8 Å². The molecular formula is C16H21F3N2O4. The Bertz CT molecular complexity index is 574. The van der Waals surface area contributed by atoms with Crippen LogP contribution >= 0.6 is 0 Å². The Labute approximate surface area is 143 Å². The zero-order valence-corrected chi connectivity index (χ0v) is 13.9. The first-order valence-electron chi connectivity index (χ1n) is 7.67. The molecule has 0 spiro atoms. The van der Waals surface area contributed by atoms with Gasteiger partial charge in [0.2, 0.25) is 0 Å². The molecule has 3 N–H and O–H groups in total. The van der Waals surface area contributed by atoms with Crippen molar-refractivity contribution < 1.29 is 32.6 Å². The number of amides is 2. The van der Waals surface area contributed by atoms with Gasteiger partial charge in [0.05, 0.1) is 12.2 Å². The van der Waals surface area contributed by atoms with Crippen LogP contribution in [0.15, 0.2) is 24.3 Å². The maximum Gasteiger partial charge on any atom is 0.416 e. The standard InChI is InChI=1S/C16H21F3N2O4/c1-10(2)9-13(14(23)20-7-8-22)25-15(24)21-12-5-3-11(4-6-12)16(17,18)19/h3-6,10,13,22H,7-9H2,1-2H3,(H,20,23)(H,21,24)/t13-/m0/s1. The van der Waals surface area contributed by atoms with Crippen LogP contribution in [-0.2, 0) is 15.7 Å². The fourth-order valence-corrected chi connectivity index (χ4v) is 1.95. The van der Waals surface area contributed by atoms with Gasteiger partial charge in [-0.05, 0) is 36.6 Å². The Kier molecular flexibility index (Phi) is 7.69. The number of ether oxygens (including phenoxy) is 1. The van der Waals surface area contributed by atoms with Crippen LogP contribution < -0.4 is 10.6 Å². The van der Waals surface area contributed by atoms with Gasteiger partial charge in [0.25, 0.3) is 5.91 Å². The highest BCUT2D eigenvalue weighted by molar-refractivity contribution is 5.88. The Morgan fingerprint density at radius 2 is 1.80 bits per heavy atom. The second-order valence-corrected chi connectivity index (χ2v) is 5.74. The van der Waals surface area contributed by atoms with E-state index in [-0.39, 0.29) is 31.2 Å². The van der Waals surface area contributed by atoms with Crippen molar-refractivity contribution in [2.45, 2.75) is 32.5 Å². The maximum atomic E-state index is 12.5. The molecule has 0 bridgehead atoms.